The van der Waals surface area contributed by atoms with Gasteiger partial charge in [-0.25, -0.2) is 9.59 Å². The normalized spacial score (nSPS) is 20.0. The Hall–Kier alpha value is -1.78. The largest absolute Gasteiger partial charge is 0.478 e. The third-order valence-corrected chi connectivity index (χ3v) is 3.11. The summed E-state index contributed by atoms with van der Waals surface area (Å²) in [5.74, 6) is -1.94. The maximum atomic E-state index is 11.8. The molecular weight excluding hydrogens is 234 g/mol. The SMILES string of the molecule is COC(=O)C1=C(C)NC(C)=C(C(=O)O)C1C(C)C. The predicted octanol–water partition coefficient (Wildman–Crippen LogP) is 1.67. The number of carboxylic acid groups (broad SMARTS) is 1. The lowest BCUT2D eigenvalue weighted by atomic mass is 9.78. The van der Waals surface area contributed by atoms with Crippen LogP contribution in [0.4, 0.5) is 0 Å². The van der Waals surface area contributed by atoms with Gasteiger partial charge in [-0.05, 0) is 19.8 Å². The zero-order valence-electron chi connectivity index (χ0n) is 11.3. The van der Waals surface area contributed by atoms with Crippen molar-refractivity contribution in [3.05, 3.63) is 22.5 Å². The first-order valence-electron chi connectivity index (χ1n) is 5.81. The number of nitrogens with one attached hydrogen (secondary N) is 1. The molecule has 0 fully saturated rings. The Morgan fingerprint density at radius 3 is 2.11 bits per heavy atom. The molecule has 1 aliphatic rings. The number of ether oxygens (including phenoxy) is 1. The number of esters is 1. The number of carbonyl (C=O) groups is 2. The molecule has 18 heavy (non-hydrogen) atoms. The minimum Gasteiger partial charge on any atom is -0.478 e. The van der Waals surface area contributed by atoms with Crippen LogP contribution in [0.1, 0.15) is 27.7 Å². The Morgan fingerprint density at radius 1 is 1.22 bits per heavy atom. The molecule has 2 N–H and O–H groups in total. The van der Waals surface area contributed by atoms with E-state index in [9.17, 15) is 14.7 Å². The minimum absolute atomic E-state index is 0.00259. The average Bonchev–Trinajstić information content (AvgIpc) is 2.26. The number of allylic oxidation sites excluding steroid dienone is 2. The van der Waals surface area contributed by atoms with Crippen LogP contribution >= 0.6 is 0 Å². The molecule has 5 heteroatoms. The molecule has 1 heterocycles. The second-order valence-electron chi connectivity index (χ2n) is 4.72. The first kappa shape index (κ1) is 14.3. The highest BCUT2D eigenvalue weighted by Crippen LogP contribution is 2.35. The van der Waals surface area contributed by atoms with Crippen molar-refractivity contribution in [2.75, 3.05) is 7.11 Å². The lowest BCUT2D eigenvalue weighted by molar-refractivity contribution is -0.137. The maximum Gasteiger partial charge on any atom is 0.336 e. The first-order chi connectivity index (χ1) is 8.31. The molecule has 5 nitrogen and oxygen atoms in total. The third kappa shape index (κ3) is 2.39. The van der Waals surface area contributed by atoms with Crippen molar-refractivity contribution in [3.63, 3.8) is 0 Å². The van der Waals surface area contributed by atoms with E-state index in [0.717, 1.165) is 0 Å². The number of carboxylic acids is 1. The summed E-state index contributed by atoms with van der Waals surface area (Å²) in [5.41, 5.74) is 1.86. The van der Waals surface area contributed by atoms with E-state index in [1.165, 1.54) is 7.11 Å². The van der Waals surface area contributed by atoms with Crippen LogP contribution in [0.15, 0.2) is 22.5 Å². The zero-order chi connectivity index (χ0) is 14.0. The number of hydrogen-bond acceptors (Lipinski definition) is 4. The van der Waals surface area contributed by atoms with E-state index < -0.39 is 17.9 Å². The highest BCUT2D eigenvalue weighted by molar-refractivity contribution is 5.97. The second-order valence-corrected chi connectivity index (χ2v) is 4.72. The summed E-state index contributed by atoms with van der Waals surface area (Å²) in [6.45, 7) is 7.24. The van der Waals surface area contributed by atoms with E-state index in [1.54, 1.807) is 13.8 Å². The molecule has 0 saturated heterocycles. The molecule has 0 saturated carbocycles. The number of rotatable bonds is 3. The van der Waals surface area contributed by atoms with Crippen LogP contribution in [-0.2, 0) is 14.3 Å². The van der Waals surface area contributed by atoms with Crippen LogP contribution in [-0.4, -0.2) is 24.2 Å². The van der Waals surface area contributed by atoms with Crippen LogP contribution in [0.3, 0.4) is 0 Å². The Kier molecular flexibility index (Phi) is 4.16. The predicted molar refractivity (Wildman–Crippen MR) is 66.5 cm³/mol. The molecule has 0 amide bonds. The molecule has 0 spiro atoms. The fourth-order valence-electron chi connectivity index (χ4n) is 2.38. The molecule has 1 atom stereocenters. The smallest absolute Gasteiger partial charge is 0.336 e. The molecule has 0 bridgehead atoms. The quantitative estimate of drug-likeness (QED) is 0.748. The molecule has 0 aromatic carbocycles. The highest BCUT2D eigenvalue weighted by Gasteiger charge is 2.37. The highest BCUT2D eigenvalue weighted by atomic mass is 16.5. The topological polar surface area (TPSA) is 75.6 Å². The van der Waals surface area contributed by atoms with Crippen LogP contribution in [0.5, 0.6) is 0 Å². The molecule has 0 aliphatic carbocycles. The van der Waals surface area contributed by atoms with E-state index in [1.807, 2.05) is 13.8 Å². The molecule has 0 aromatic rings. The van der Waals surface area contributed by atoms with Crippen LogP contribution in [0, 0.1) is 11.8 Å². The fourth-order valence-corrected chi connectivity index (χ4v) is 2.38. The summed E-state index contributed by atoms with van der Waals surface area (Å²) in [6, 6.07) is 0. The van der Waals surface area contributed by atoms with Gasteiger partial charge in [0.1, 0.15) is 0 Å². The summed E-state index contributed by atoms with van der Waals surface area (Å²) >= 11 is 0. The van der Waals surface area contributed by atoms with Gasteiger partial charge in [-0.1, -0.05) is 13.8 Å². The first-order valence-corrected chi connectivity index (χ1v) is 5.81. The summed E-state index contributed by atoms with van der Waals surface area (Å²) in [7, 11) is 1.30. The van der Waals surface area contributed by atoms with E-state index in [0.29, 0.717) is 17.0 Å². The van der Waals surface area contributed by atoms with Gasteiger partial charge in [-0.15, -0.1) is 0 Å². The fraction of sp³-hybridized carbons (Fsp3) is 0.538. The molecule has 100 valence electrons. The van der Waals surface area contributed by atoms with Gasteiger partial charge in [0.15, 0.2) is 0 Å². The number of methoxy groups -OCH3 is 1. The monoisotopic (exact) mass is 253 g/mol. The summed E-state index contributed by atoms with van der Waals surface area (Å²) < 4.78 is 4.75. The minimum atomic E-state index is -1.01. The van der Waals surface area contributed by atoms with Crippen LogP contribution in [0.25, 0.3) is 0 Å². The van der Waals surface area contributed by atoms with E-state index in [2.05, 4.69) is 5.32 Å². The number of carbonyl (C=O) groups excluding carboxylic acids is 1. The maximum absolute atomic E-state index is 11.8. The standard InChI is InChI=1S/C13H19NO4/c1-6(2)9-10(12(15)16)7(3)14-8(4)11(9)13(17)18-5/h6,9,14H,1-5H3,(H,15,16). The lowest BCUT2D eigenvalue weighted by Crippen LogP contribution is -2.35. The number of aliphatic carboxylic acids is 1. The molecule has 1 rings (SSSR count). The van der Waals surface area contributed by atoms with Gasteiger partial charge in [-0.3, -0.25) is 0 Å². The third-order valence-electron chi connectivity index (χ3n) is 3.11. The van der Waals surface area contributed by atoms with Crippen LogP contribution < -0.4 is 5.32 Å². The number of dihydropyridines is 1. The van der Waals surface area contributed by atoms with Crippen molar-refractivity contribution in [2.24, 2.45) is 11.8 Å². The van der Waals surface area contributed by atoms with Gasteiger partial charge in [-0.2, -0.15) is 0 Å². The summed E-state index contributed by atoms with van der Waals surface area (Å²) in [4.78, 5) is 23.2. The second kappa shape index (κ2) is 5.25. The van der Waals surface area contributed by atoms with Crippen molar-refractivity contribution in [2.45, 2.75) is 27.7 Å². The molecule has 1 unspecified atom stereocenters. The van der Waals surface area contributed by atoms with E-state index >= 15 is 0 Å². The van der Waals surface area contributed by atoms with Gasteiger partial charge in [0.2, 0.25) is 0 Å². The van der Waals surface area contributed by atoms with Crippen molar-refractivity contribution < 1.29 is 19.4 Å². The Balaban J connectivity index is 3.38. The molecular formula is C13H19NO4. The zero-order valence-corrected chi connectivity index (χ0v) is 11.3. The van der Waals surface area contributed by atoms with E-state index in [4.69, 9.17) is 4.74 Å². The Morgan fingerprint density at radius 2 is 1.72 bits per heavy atom. The van der Waals surface area contributed by atoms with E-state index in [-0.39, 0.29) is 11.5 Å². The van der Waals surface area contributed by atoms with Gasteiger partial charge < -0.3 is 15.2 Å². The van der Waals surface area contributed by atoms with Gasteiger partial charge >= 0.3 is 11.9 Å². The lowest BCUT2D eigenvalue weighted by Gasteiger charge is -2.31. The summed E-state index contributed by atoms with van der Waals surface area (Å²) in [6.07, 6.45) is 0. The van der Waals surface area contributed by atoms with Crippen molar-refractivity contribution in [1.82, 2.24) is 5.32 Å². The van der Waals surface area contributed by atoms with Crippen molar-refractivity contribution >= 4 is 11.9 Å². The van der Waals surface area contributed by atoms with Gasteiger partial charge in [0, 0.05) is 17.3 Å². The number of hydrogen-bond donors (Lipinski definition) is 2. The van der Waals surface area contributed by atoms with Gasteiger partial charge in [0.05, 0.1) is 18.3 Å². The Bertz CT molecular complexity index is 446. The average molecular weight is 253 g/mol. The van der Waals surface area contributed by atoms with Crippen LogP contribution in [0.2, 0.25) is 0 Å². The van der Waals surface area contributed by atoms with Crippen molar-refractivity contribution in [1.29, 1.82) is 0 Å². The Labute approximate surface area is 107 Å². The summed E-state index contributed by atoms with van der Waals surface area (Å²) in [5, 5.41) is 12.3. The molecule has 0 radical (unpaired) electrons. The molecule has 1 aliphatic heterocycles. The van der Waals surface area contributed by atoms with Gasteiger partial charge in [0.25, 0.3) is 0 Å². The van der Waals surface area contributed by atoms with Crippen molar-refractivity contribution in [3.8, 4) is 0 Å². The molecule has 0 aromatic heterocycles.